The summed E-state index contributed by atoms with van der Waals surface area (Å²) in [6.07, 6.45) is 5.09. The van der Waals surface area contributed by atoms with Gasteiger partial charge in [0.25, 0.3) is 0 Å². The average molecular weight is 326 g/mol. The van der Waals surface area contributed by atoms with E-state index in [4.69, 9.17) is 0 Å². The molecule has 0 saturated heterocycles. The maximum atomic E-state index is 14.0. The molecule has 2 aromatic rings. The third kappa shape index (κ3) is 4.31. The molecule has 0 spiro atoms. The molecule has 2 rings (SSSR count). The van der Waals surface area contributed by atoms with E-state index in [2.05, 4.69) is 6.92 Å². The molecule has 0 aromatic heterocycles. The number of carbonyl (C=O) groups is 1. The van der Waals surface area contributed by atoms with Crippen LogP contribution in [0.5, 0.6) is 0 Å². The first-order valence-corrected chi connectivity index (χ1v) is 8.39. The first-order chi connectivity index (χ1) is 11.6. The molecule has 24 heavy (non-hydrogen) atoms. The number of benzene rings is 2. The van der Waals surface area contributed by atoms with Gasteiger partial charge in [-0.15, -0.1) is 0 Å². The van der Waals surface area contributed by atoms with Crippen LogP contribution >= 0.6 is 0 Å². The van der Waals surface area contributed by atoms with Crippen LogP contribution in [0.3, 0.4) is 0 Å². The molecular weight excluding hydrogens is 303 g/mol. The van der Waals surface area contributed by atoms with Gasteiger partial charge < -0.3 is 5.11 Å². The van der Waals surface area contributed by atoms with Crippen molar-refractivity contribution in [3.05, 3.63) is 65.2 Å². The van der Waals surface area contributed by atoms with E-state index in [9.17, 15) is 14.3 Å². The SMILES string of the molecule is CCC/C=C(/F)c1ccc(-c2cc(CCC)ccc2C(=O)O)cc1. The smallest absolute Gasteiger partial charge is 0.336 e. The lowest BCUT2D eigenvalue weighted by Gasteiger charge is -2.10. The summed E-state index contributed by atoms with van der Waals surface area (Å²) in [4.78, 5) is 11.5. The maximum absolute atomic E-state index is 14.0. The van der Waals surface area contributed by atoms with Gasteiger partial charge in [0.05, 0.1) is 5.56 Å². The minimum Gasteiger partial charge on any atom is -0.478 e. The van der Waals surface area contributed by atoms with Gasteiger partial charge in [-0.2, -0.15) is 0 Å². The number of allylic oxidation sites excluding steroid dienone is 1. The van der Waals surface area contributed by atoms with Gasteiger partial charge in [-0.1, -0.05) is 63.1 Å². The molecule has 0 aliphatic rings. The normalized spacial score (nSPS) is 11.5. The summed E-state index contributed by atoms with van der Waals surface area (Å²) in [7, 11) is 0. The van der Waals surface area contributed by atoms with Gasteiger partial charge in [0.15, 0.2) is 0 Å². The van der Waals surface area contributed by atoms with Crippen LogP contribution in [0.2, 0.25) is 0 Å². The summed E-state index contributed by atoms with van der Waals surface area (Å²) < 4.78 is 14.0. The lowest BCUT2D eigenvalue weighted by molar-refractivity contribution is 0.0697. The first-order valence-electron chi connectivity index (χ1n) is 8.39. The molecule has 0 fully saturated rings. The highest BCUT2D eigenvalue weighted by Gasteiger charge is 2.13. The number of unbranched alkanes of at least 4 members (excludes halogenated alkanes) is 1. The third-order valence-electron chi connectivity index (χ3n) is 3.94. The molecule has 0 aliphatic carbocycles. The molecule has 126 valence electrons. The van der Waals surface area contributed by atoms with E-state index >= 15 is 0 Å². The third-order valence-corrected chi connectivity index (χ3v) is 3.94. The number of hydrogen-bond donors (Lipinski definition) is 1. The Balaban J connectivity index is 2.40. The van der Waals surface area contributed by atoms with Crippen molar-refractivity contribution in [3.8, 4) is 11.1 Å². The Morgan fingerprint density at radius 1 is 1.08 bits per heavy atom. The summed E-state index contributed by atoms with van der Waals surface area (Å²) in [6.45, 7) is 4.09. The van der Waals surface area contributed by atoms with Crippen molar-refractivity contribution < 1.29 is 14.3 Å². The average Bonchev–Trinajstić information content (AvgIpc) is 2.60. The van der Waals surface area contributed by atoms with E-state index in [1.54, 1.807) is 36.4 Å². The number of hydrogen-bond acceptors (Lipinski definition) is 1. The number of halogens is 1. The van der Waals surface area contributed by atoms with E-state index in [0.717, 1.165) is 30.4 Å². The van der Waals surface area contributed by atoms with E-state index in [1.165, 1.54) is 0 Å². The quantitative estimate of drug-likeness (QED) is 0.666. The molecule has 0 saturated carbocycles. The van der Waals surface area contributed by atoms with Gasteiger partial charge in [0, 0.05) is 5.56 Å². The number of rotatable bonds is 7. The highest BCUT2D eigenvalue weighted by atomic mass is 19.1. The zero-order valence-electron chi connectivity index (χ0n) is 14.2. The molecule has 2 aromatic carbocycles. The van der Waals surface area contributed by atoms with E-state index < -0.39 is 5.97 Å². The summed E-state index contributed by atoms with van der Waals surface area (Å²) in [5, 5.41) is 9.42. The molecule has 2 nitrogen and oxygen atoms in total. The highest BCUT2D eigenvalue weighted by Crippen LogP contribution is 2.28. The molecule has 0 aliphatic heterocycles. The molecule has 0 amide bonds. The van der Waals surface area contributed by atoms with Gasteiger partial charge in [-0.3, -0.25) is 0 Å². The molecule has 0 heterocycles. The molecular formula is C21H23FO2. The molecule has 0 unspecified atom stereocenters. The van der Waals surface area contributed by atoms with Crippen LogP contribution < -0.4 is 0 Å². The van der Waals surface area contributed by atoms with Crippen LogP contribution in [0, 0.1) is 0 Å². The Kier molecular flexibility index (Phi) is 6.30. The summed E-state index contributed by atoms with van der Waals surface area (Å²) in [6, 6.07) is 12.4. The summed E-state index contributed by atoms with van der Waals surface area (Å²) in [5.74, 6) is -1.19. The van der Waals surface area contributed by atoms with Crippen LogP contribution in [0.25, 0.3) is 17.0 Å². The Labute approximate surface area is 142 Å². The lowest BCUT2D eigenvalue weighted by Crippen LogP contribution is -2.00. The van der Waals surface area contributed by atoms with Crippen molar-refractivity contribution in [2.45, 2.75) is 39.5 Å². The lowest BCUT2D eigenvalue weighted by atomic mass is 9.95. The second-order valence-corrected chi connectivity index (χ2v) is 5.85. The van der Waals surface area contributed by atoms with Crippen molar-refractivity contribution >= 4 is 11.8 Å². The molecule has 0 atom stereocenters. The number of aromatic carboxylic acids is 1. The highest BCUT2D eigenvalue weighted by molar-refractivity contribution is 5.96. The second kappa shape index (κ2) is 8.44. The fourth-order valence-corrected chi connectivity index (χ4v) is 2.66. The zero-order chi connectivity index (χ0) is 17.5. The van der Waals surface area contributed by atoms with Crippen LogP contribution in [0.1, 0.15) is 54.6 Å². The molecule has 0 radical (unpaired) electrons. The second-order valence-electron chi connectivity index (χ2n) is 5.85. The molecule has 3 heteroatoms. The first kappa shape index (κ1) is 17.9. The van der Waals surface area contributed by atoms with Crippen molar-refractivity contribution in [1.82, 2.24) is 0 Å². The minimum atomic E-state index is -0.953. The predicted octanol–water partition coefficient (Wildman–Crippen LogP) is 6.11. The van der Waals surface area contributed by atoms with Gasteiger partial charge in [-0.05, 0) is 41.7 Å². The van der Waals surface area contributed by atoms with Crippen molar-refractivity contribution in [1.29, 1.82) is 0 Å². The topological polar surface area (TPSA) is 37.3 Å². The molecule has 0 bridgehead atoms. The summed E-state index contributed by atoms with van der Waals surface area (Å²) >= 11 is 0. The maximum Gasteiger partial charge on any atom is 0.336 e. The van der Waals surface area contributed by atoms with E-state index in [-0.39, 0.29) is 11.4 Å². The van der Waals surface area contributed by atoms with Gasteiger partial charge in [-0.25, -0.2) is 9.18 Å². The number of carboxylic acid groups (broad SMARTS) is 1. The van der Waals surface area contributed by atoms with Gasteiger partial charge in [0.1, 0.15) is 5.83 Å². The van der Waals surface area contributed by atoms with Crippen LogP contribution in [0.4, 0.5) is 4.39 Å². The standard InChI is InChI=1S/C21H23FO2/c1-3-5-7-20(22)17-11-9-16(10-12-17)19-14-15(6-4-2)8-13-18(19)21(23)24/h7-14H,3-6H2,1-2H3,(H,23,24)/b20-7+. The van der Waals surface area contributed by atoms with Crippen molar-refractivity contribution in [2.75, 3.05) is 0 Å². The van der Waals surface area contributed by atoms with E-state index in [1.807, 2.05) is 19.1 Å². The number of aryl methyl sites for hydroxylation is 1. The van der Waals surface area contributed by atoms with Crippen LogP contribution in [0.15, 0.2) is 48.5 Å². The van der Waals surface area contributed by atoms with Crippen molar-refractivity contribution in [2.24, 2.45) is 0 Å². The fraction of sp³-hybridized carbons (Fsp3) is 0.286. The number of carboxylic acids is 1. The predicted molar refractivity (Wildman–Crippen MR) is 96.8 cm³/mol. The Hall–Kier alpha value is -2.42. The minimum absolute atomic E-state index is 0.235. The Bertz CT molecular complexity index is 730. The van der Waals surface area contributed by atoms with Crippen LogP contribution in [-0.4, -0.2) is 11.1 Å². The van der Waals surface area contributed by atoms with Gasteiger partial charge in [0.2, 0.25) is 0 Å². The fourth-order valence-electron chi connectivity index (χ4n) is 2.66. The Morgan fingerprint density at radius 3 is 2.38 bits per heavy atom. The monoisotopic (exact) mass is 326 g/mol. The summed E-state index contributed by atoms with van der Waals surface area (Å²) in [5.41, 5.74) is 3.37. The Morgan fingerprint density at radius 2 is 1.79 bits per heavy atom. The van der Waals surface area contributed by atoms with Crippen molar-refractivity contribution in [3.63, 3.8) is 0 Å². The van der Waals surface area contributed by atoms with Crippen LogP contribution in [-0.2, 0) is 6.42 Å². The van der Waals surface area contributed by atoms with E-state index in [0.29, 0.717) is 17.5 Å². The molecule has 1 N–H and O–H groups in total. The zero-order valence-corrected chi connectivity index (χ0v) is 14.2. The largest absolute Gasteiger partial charge is 0.478 e. The van der Waals surface area contributed by atoms with Gasteiger partial charge >= 0.3 is 5.97 Å².